The van der Waals surface area contributed by atoms with Gasteiger partial charge in [-0.2, -0.15) is 0 Å². The molecule has 94 valence electrons. The number of nitrogens with zero attached hydrogens (tertiary/aromatic N) is 1. The number of nitrogens with one attached hydrogen (secondary N) is 2. The Bertz CT molecular complexity index is 571. The number of halogens is 1. The van der Waals surface area contributed by atoms with Crippen LogP contribution in [0.25, 0.3) is 10.9 Å². The second kappa shape index (κ2) is 5.82. The van der Waals surface area contributed by atoms with E-state index in [1.165, 1.54) is 0 Å². The van der Waals surface area contributed by atoms with Gasteiger partial charge >= 0.3 is 0 Å². The summed E-state index contributed by atoms with van der Waals surface area (Å²) in [6.07, 6.45) is 1.75. The molecule has 18 heavy (non-hydrogen) atoms. The van der Waals surface area contributed by atoms with E-state index in [-0.39, 0.29) is 12.5 Å². The van der Waals surface area contributed by atoms with Crippen molar-refractivity contribution in [1.82, 2.24) is 10.3 Å². The van der Waals surface area contributed by atoms with Crippen molar-refractivity contribution in [3.63, 3.8) is 0 Å². The number of hydrogen-bond acceptors (Lipinski definition) is 3. The summed E-state index contributed by atoms with van der Waals surface area (Å²) >= 11 is 3.39. The molecule has 0 aliphatic carbocycles. The highest BCUT2D eigenvalue weighted by molar-refractivity contribution is 9.10. The van der Waals surface area contributed by atoms with Crippen LogP contribution in [0.2, 0.25) is 0 Å². The first kappa shape index (κ1) is 12.8. The largest absolute Gasteiger partial charge is 0.374 e. The number of rotatable bonds is 4. The van der Waals surface area contributed by atoms with Crippen LogP contribution in [0.4, 0.5) is 5.69 Å². The monoisotopic (exact) mass is 307 g/mol. The predicted octanol–water partition coefficient (Wildman–Crippen LogP) is 2.55. The second-order valence-corrected chi connectivity index (χ2v) is 4.75. The molecule has 0 aliphatic heterocycles. The lowest BCUT2D eigenvalue weighted by molar-refractivity contribution is -0.119. The highest BCUT2D eigenvalue weighted by Gasteiger charge is 2.04. The van der Waals surface area contributed by atoms with Gasteiger partial charge < -0.3 is 10.6 Å². The Morgan fingerprint density at radius 2 is 2.28 bits per heavy atom. The molecule has 0 bridgehead atoms. The number of benzene rings is 1. The zero-order valence-corrected chi connectivity index (χ0v) is 11.6. The molecule has 2 rings (SSSR count). The number of anilines is 1. The third-order valence-corrected chi connectivity index (χ3v) is 2.92. The van der Waals surface area contributed by atoms with Crippen LogP contribution in [0.15, 0.2) is 34.9 Å². The summed E-state index contributed by atoms with van der Waals surface area (Å²) in [7, 11) is 0. The lowest BCUT2D eigenvalue weighted by Crippen LogP contribution is -2.29. The Labute approximate surface area is 114 Å². The average molecular weight is 308 g/mol. The average Bonchev–Trinajstić information content (AvgIpc) is 2.36. The summed E-state index contributed by atoms with van der Waals surface area (Å²) in [5.41, 5.74) is 1.73. The smallest absolute Gasteiger partial charge is 0.239 e. The van der Waals surface area contributed by atoms with Gasteiger partial charge in [0.15, 0.2) is 0 Å². The van der Waals surface area contributed by atoms with Gasteiger partial charge in [0, 0.05) is 22.6 Å². The number of carbonyl (C=O) groups is 1. The van der Waals surface area contributed by atoms with Crippen LogP contribution < -0.4 is 10.6 Å². The van der Waals surface area contributed by atoms with Gasteiger partial charge in [0.05, 0.1) is 17.7 Å². The van der Waals surface area contributed by atoms with E-state index >= 15 is 0 Å². The van der Waals surface area contributed by atoms with Crippen LogP contribution in [-0.4, -0.2) is 24.0 Å². The van der Waals surface area contributed by atoms with Crippen molar-refractivity contribution in [3.8, 4) is 0 Å². The van der Waals surface area contributed by atoms with Crippen LogP contribution in [0.3, 0.4) is 0 Å². The molecule has 0 spiro atoms. The van der Waals surface area contributed by atoms with E-state index in [9.17, 15) is 4.79 Å². The molecule has 0 unspecified atom stereocenters. The third-order valence-electron chi connectivity index (χ3n) is 2.49. The highest BCUT2D eigenvalue weighted by atomic mass is 79.9. The molecule has 0 saturated heterocycles. The van der Waals surface area contributed by atoms with Crippen molar-refractivity contribution < 1.29 is 4.79 Å². The molecule has 2 N–H and O–H groups in total. The second-order valence-electron chi connectivity index (χ2n) is 3.84. The number of aromatic nitrogens is 1. The summed E-state index contributed by atoms with van der Waals surface area (Å²) in [5, 5.41) is 6.88. The van der Waals surface area contributed by atoms with E-state index in [2.05, 4.69) is 31.5 Å². The summed E-state index contributed by atoms with van der Waals surface area (Å²) in [5.74, 6) is -0.0217. The van der Waals surface area contributed by atoms with Gasteiger partial charge in [0.25, 0.3) is 0 Å². The SMILES string of the molecule is CCNC(=O)CNc1cccc2cc(Br)cnc12. The molecule has 2 aromatic rings. The molecule has 1 heterocycles. The molecular weight excluding hydrogens is 294 g/mol. The standard InChI is InChI=1S/C13H14BrN3O/c1-2-15-12(18)8-16-11-5-3-4-9-6-10(14)7-17-13(9)11/h3-7,16H,2,8H2,1H3,(H,15,18). The van der Waals surface area contributed by atoms with Crippen molar-refractivity contribution in [2.75, 3.05) is 18.4 Å². The summed E-state index contributed by atoms with van der Waals surface area (Å²) < 4.78 is 0.941. The number of hydrogen-bond donors (Lipinski definition) is 2. The van der Waals surface area contributed by atoms with E-state index in [0.717, 1.165) is 21.1 Å². The molecule has 4 nitrogen and oxygen atoms in total. The highest BCUT2D eigenvalue weighted by Crippen LogP contribution is 2.23. The van der Waals surface area contributed by atoms with Gasteiger partial charge in [-0.25, -0.2) is 0 Å². The van der Waals surface area contributed by atoms with Crippen LogP contribution in [0.5, 0.6) is 0 Å². The van der Waals surface area contributed by atoms with E-state index in [1.807, 2.05) is 31.2 Å². The summed E-state index contributed by atoms with van der Waals surface area (Å²) in [6, 6.07) is 7.85. The van der Waals surface area contributed by atoms with E-state index in [4.69, 9.17) is 0 Å². The van der Waals surface area contributed by atoms with Gasteiger partial charge in [-0.3, -0.25) is 9.78 Å². The zero-order chi connectivity index (χ0) is 13.0. The Morgan fingerprint density at radius 3 is 3.06 bits per heavy atom. The van der Waals surface area contributed by atoms with Crippen LogP contribution in [-0.2, 0) is 4.79 Å². The maximum Gasteiger partial charge on any atom is 0.239 e. The minimum atomic E-state index is -0.0217. The van der Waals surface area contributed by atoms with Crippen molar-refractivity contribution in [3.05, 3.63) is 34.9 Å². The van der Waals surface area contributed by atoms with Crippen molar-refractivity contribution in [2.24, 2.45) is 0 Å². The normalized spacial score (nSPS) is 10.3. The summed E-state index contributed by atoms with van der Waals surface area (Å²) in [4.78, 5) is 15.8. The Morgan fingerprint density at radius 1 is 1.44 bits per heavy atom. The molecule has 1 aromatic heterocycles. The fourth-order valence-electron chi connectivity index (χ4n) is 1.71. The number of amides is 1. The minimum Gasteiger partial charge on any atom is -0.374 e. The van der Waals surface area contributed by atoms with E-state index in [0.29, 0.717) is 6.54 Å². The van der Waals surface area contributed by atoms with E-state index < -0.39 is 0 Å². The molecule has 5 heteroatoms. The Kier molecular flexibility index (Phi) is 4.15. The van der Waals surface area contributed by atoms with Crippen LogP contribution in [0, 0.1) is 0 Å². The Hall–Kier alpha value is -1.62. The molecule has 0 atom stereocenters. The van der Waals surface area contributed by atoms with Crippen molar-refractivity contribution in [2.45, 2.75) is 6.92 Å². The molecule has 1 amide bonds. The fraction of sp³-hybridized carbons (Fsp3) is 0.231. The number of fused-ring (bicyclic) bond motifs is 1. The van der Waals surface area contributed by atoms with Crippen LogP contribution in [0.1, 0.15) is 6.92 Å². The summed E-state index contributed by atoms with van der Waals surface area (Å²) in [6.45, 7) is 2.79. The Balaban J connectivity index is 2.20. The zero-order valence-electron chi connectivity index (χ0n) is 10.0. The van der Waals surface area contributed by atoms with Gasteiger partial charge in [0.1, 0.15) is 0 Å². The number of likely N-dealkylation sites (N-methyl/N-ethyl adjacent to an activating group) is 1. The van der Waals surface area contributed by atoms with Gasteiger partial charge in [-0.1, -0.05) is 12.1 Å². The van der Waals surface area contributed by atoms with Gasteiger partial charge in [0.2, 0.25) is 5.91 Å². The van der Waals surface area contributed by atoms with Gasteiger partial charge in [-0.15, -0.1) is 0 Å². The van der Waals surface area contributed by atoms with Crippen molar-refractivity contribution >= 4 is 38.4 Å². The molecule has 0 saturated carbocycles. The first-order chi connectivity index (χ1) is 8.70. The molecule has 0 aliphatic rings. The van der Waals surface area contributed by atoms with Crippen LogP contribution >= 0.6 is 15.9 Å². The number of para-hydroxylation sites is 1. The van der Waals surface area contributed by atoms with E-state index in [1.54, 1.807) is 6.20 Å². The first-order valence-corrected chi connectivity index (χ1v) is 6.55. The molecular formula is C13H14BrN3O. The number of carbonyl (C=O) groups excluding carboxylic acids is 1. The topological polar surface area (TPSA) is 54.0 Å². The lowest BCUT2D eigenvalue weighted by Gasteiger charge is -2.09. The maximum atomic E-state index is 11.4. The quantitative estimate of drug-likeness (QED) is 0.912. The maximum absolute atomic E-state index is 11.4. The molecule has 1 aromatic carbocycles. The predicted molar refractivity (Wildman–Crippen MR) is 76.6 cm³/mol. The first-order valence-electron chi connectivity index (χ1n) is 5.75. The van der Waals surface area contributed by atoms with Gasteiger partial charge in [-0.05, 0) is 35.0 Å². The fourth-order valence-corrected chi connectivity index (χ4v) is 2.06. The third kappa shape index (κ3) is 2.98. The minimum absolute atomic E-state index is 0.0217. The molecule has 0 fully saturated rings. The lowest BCUT2D eigenvalue weighted by atomic mass is 10.2. The number of pyridine rings is 1. The molecule has 0 radical (unpaired) electrons. The van der Waals surface area contributed by atoms with Crippen molar-refractivity contribution in [1.29, 1.82) is 0 Å².